The molecule has 7 nitrogen and oxygen atoms in total. The molecule has 7 heteroatoms. The number of aromatic nitrogens is 2. The van der Waals surface area contributed by atoms with Crippen LogP contribution in [-0.2, 0) is 11.4 Å². The van der Waals surface area contributed by atoms with Crippen molar-refractivity contribution in [3.8, 4) is 0 Å². The fourth-order valence-electron chi connectivity index (χ4n) is 1.88. The molecule has 0 aliphatic heterocycles. The highest BCUT2D eigenvalue weighted by Crippen LogP contribution is 2.04. The lowest BCUT2D eigenvalue weighted by atomic mass is 10.2. The molecule has 1 amide bonds. The minimum absolute atomic E-state index is 0.0113. The Bertz CT molecular complexity index is 740. The third-order valence-electron chi connectivity index (χ3n) is 3.02. The predicted molar refractivity (Wildman–Crippen MR) is 78.4 cm³/mol. The van der Waals surface area contributed by atoms with E-state index in [1.54, 1.807) is 25.4 Å². The van der Waals surface area contributed by atoms with Crippen molar-refractivity contribution in [3.63, 3.8) is 0 Å². The number of carbonyl (C=O) groups is 2. The van der Waals surface area contributed by atoms with E-state index in [1.165, 1.54) is 41.1 Å². The van der Waals surface area contributed by atoms with E-state index >= 15 is 0 Å². The smallest absolute Gasteiger partial charge is 0.339 e. The van der Waals surface area contributed by atoms with Gasteiger partial charge in [0.25, 0.3) is 11.5 Å². The van der Waals surface area contributed by atoms with Crippen LogP contribution in [0.2, 0.25) is 0 Å². The second-order valence-corrected chi connectivity index (χ2v) is 4.60. The van der Waals surface area contributed by atoms with Gasteiger partial charge in [-0.25, -0.2) is 4.79 Å². The van der Waals surface area contributed by atoms with E-state index in [4.69, 9.17) is 0 Å². The number of hydrogen-bond donors (Lipinski definition) is 0. The third kappa shape index (κ3) is 3.38. The van der Waals surface area contributed by atoms with E-state index < -0.39 is 5.97 Å². The van der Waals surface area contributed by atoms with Crippen molar-refractivity contribution in [2.75, 3.05) is 14.2 Å². The highest BCUT2D eigenvalue weighted by Gasteiger charge is 2.14. The number of hydrogen-bond acceptors (Lipinski definition) is 5. The second-order valence-electron chi connectivity index (χ2n) is 4.60. The molecule has 2 heterocycles. The first-order chi connectivity index (χ1) is 10.5. The minimum atomic E-state index is -0.546. The lowest BCUT2D eigenvalue weighted by molar-refractivity contribution is 0.0599. The van der Waals surface area contributed by atoms with Crippen LogP contribution in [0.1, 0.15) is 20.7 Å². The van der Waals surface area contributed by atoms with Crippen molar-refractivity contribution >= 4 is 11.9 Å². The molecule has 22 heavy (non-hydrogen) atoms. The summed E-state index contributed by atoms with van der Waals surface area (Å²) >= 11 is 0. The first-order valence-corrected chi connectivity index (χ1v) is 6.47. The Balaban J connectivity index is 2.21. The summed E-state index contributed by atoms with van der Waals surface area (Å²) in [5.41, 5.74) is 0.338. The molecule has 0 aliphatic rings. The predicted octanol–water partition coefficient (Wildman–Crippen LogP) is 0.760. The average molecular weight is 301 g/mol. The second kappa shape index (κ2) is 6.66. The van der Waals surface area contributed by atoms with Gasteiger partial charge in [-0.05, 0) is 18.2 Å². The third-order valence-corrected chi connectivity index (χ3v) is 3.02. The first-order valence-electron chi connectivity index (χ1n) is 6.47. The number of amides is 1. The Hall–Kier alpha value is -2.96. The molecular weight excluding hydrogens is 286 g/mol. The van der Waals surface area contributed by atoms with Gasteiger partial charge in [-0.2, -0.15) is 0 Å². The molecule has 2 rings (SSSR count). The van der Waals surface area contributed by atoms with E-state index in [1.807, 2.05) is 0 Å². The zero-order valence-corrected chi connectivity index (χ0v) is 12.2. The molecule has 0 aromatic carbocycles. The molecule has 0 bridgehead atoms. The van der Waals surface area contributed by atoms with Crippen LogP contribution in [-0.4, -0.2) is 40.5 Å². The number of methoxy groups -OCH3 is 1. The standard InChI is InChI=1S/C15H15N3O4/c1-17(14(20)11-4-3-7-16-8-11)10-18-9-12(15(21)22-2)5-6-13(18)19/h3-9H,10H2,1-2H3. The highest BCUT2D eigenvalue weighted by molar-refractivity contribution is 5.93. The SMILES string of the molecule is COC(=O)c1ccc(=O)n(CN(C)C(=O)c2cccnc2)c1. The summed E-state index contributed by atoms with van der Waals surface area (Å²) in [4.78, 5) is 40.8. The van der Waals surface area contributed by atoms with E-state index in [9.17, 15) is 14.4 Å². The summed E-state index contributed by atoms with van der Waals surface area (Å²) in [6, 6.07) is 5.94. The molecule has 2 aromatic rings. The van der Waals surface area contributed by atoms with Crippen LogP contribution in [0.15, 0.2) is 47.7 Å². The number of ether oxygens (including phenoxy) is 1. The minimum Gasteiger partial charge on any atom is -0.465 e. The normalized spacial score (nSPS) is 10.1. The van der Waals surface area contributed by atoms with Crippen LogP contribution in [0.4, 0.5) is 0 Å². The molecule has 0 radical (unpaired) electrons. The van der Waals surface area contributed by atoms with Crippen LogP contribution in [0, 0.1) is 0 Å². The fraction of sp³-hybridized carbons (Fsp3) is 0.200. The highest BCUT2D eigenvalue weighted by atomic mass is 16.5. The Morgan fingerprint density at radius 2 is 2.05 bits per heavy atom. The molecule has 0 fully saturated rings. The summed E-state index contributed by atoms with van der Waals surface area (Å²) in [5.74, 6) is -0.821. The largest absolute Gasteiger partial charge is 0.465 e. The van der Waals surface area contributed by atoms with Gasteiger partial charge < -0.3 is 9.64 Å². The summed E-state index contributed by atoms with van der Waals surface area (Å²) in [6.07, 6.45) is 4.38. The quantitative estimate of drug-likeness (QED) is 0.779. The maximum absolute atomic E-state index is 12.2. The Morgan fingerprint density at radius 1 is 1.27 bits per heavy atom. The lowest BCUT2D eigenvalue weighted by Crippen LogP contribution is -2.34. The fourth-order valence-corrected chi connectivity index (χ4v) is 1.88. The van der Waals surface area contributed by atoms with Gasteiger partial charge in [0.1, 0.15) is 6.67 Å². The summed E-state index contributed by atoms with van der Waals surface area (Å²) in [7, 11) is 2.82. The molecule has 0 atom stereocenters. The van der Waals surface area contributed by atoms with E-state index in [2.05, 4.69) is 9.72 Å². The number of carbonyl (C=O) groups excluding carboxylic acids is 2. The number of nitrogens with zero attached hydrogens (tertiary/aromatic N) is 3. The Kier molecular flexibility index (Phi) is 4.67. The molecule has 0 saturated heterocycles. The van der Waals surface area contributed by atoms with Crippen molar-refractivity contribution in [3.05, 3.63) is 64.3 Å². The van der Waals surface area contributed by atoms with Gasteiger partial charge in [0, 0.05) is 31.7 Å². The lowest BCUT2D eigenvalue weighted by Gasteiger charge is -2.18. The zero-order valence-electron chi connectivity index (χ0n) is 12.2. The molecular formula is C15H15N3O4. The van der Waals surface area contributed by atoms with Gasteiger partial charge in [-0.1, -0.05) is 0 Å². The van der Waals surface area contributed by atoms with Gasteiger partial charge in [0.05, 0.1) is 18.2 Å². The van der Waals surface area contributed by atoms with Crippen LogP contribution < -0.4 is 5.56 Å². The summed E-state index contributed by atoms with van der Waals surface area (Å²) in [5, 5.41) is 0. The van der Waals surface area contributed by atoms with Crippen molar-refractivity contribution in [2.24, 2.45) is 0 Å². The Labute approximate surface area is 126 Å². The van der Waals surface area contributed by atoms with E-state index in [-0.39, 0.29) is 23.7 Å². The number of esters is 1. The molecule has 114 valence electrons. The maximum atomic E-state index is 12.2. The van der Waals surface area contributed by atoms with Gasteiger partial charge in [0.15, 0.2) is 0 Å². The summed E-state index contributed by atoms with van der Waals surface area (Å²) in [6.45, 7) is 0.0113. The Morgan fingerprint density at radius 3 is 2.68 bits per heavy atom. The zero-order chi connectivity index (χ0) is 16.1. The average Bonchev–Trinajstić information content (AvgIpc) is 2.56. The van der Waals surface area contributed by atoms with Gasteiger partial charge in [0.2, 0.25) is 0 Å². The number of pyridine rings is 2. The number of rotatable bonds is 4. The molecule has 2 aromatic heterocycles. The molecule has 0 spiro atoms. The van der Waals surface area contributed by atoms with Crippen LogP contribution in [0.5, 0.6) is 0 Å². The van der Waals surface area contributed by atoms with Gasteiger partial charge in [-0.15, -0.1) is 0 Å². The molecule has 0 N–H and O–H groups in total. The van der Waals surface area contributed by atoms with Crippen LogP contribution >= 0.6 is 0 Å². The van der Waals surface area contributed by atoms with Gasteiger partial charge in [-0.3, -0.25) is 19.1 Å². The summed E-state index contributed by atoms with van der Waals surface area (Å²) < 4.78 is 5.87. The van der Waals surface area contributed by atoms with Crippen molar-refractivity contribution in [1.29, 1.82) is 0 Å². The van der Waals surface area contributed by atoms with Crippen LogP contribution in [0.25, 0.3) is 0 Å². The molecule has 0 saturated carbocycles. The monoisotopic (exact) mass is 301 g/mol. The van der Waals surface area contributed by atoms with Crippen molar-refractivity contribution in [1.82, 2.24) is 14.5 Å². The van der Waals surface area contributed by atoms with E-state index in [0.29, 0.717) is 5.56 Å². The topological polar surface area (TPSA) is 81.5 Å². The first kappa shape index (κ1) is 15.4. The maximum Gasteiger partial charge on any atom is 0.339 e. The molecule has 0 unspecified atom stereocenters. The molecule has 0 aliphatic carbocycles. The van der Waals surface area contributed by atoms with Crippen LogP contribution in [0.3, 0.4) is 0 Å². The van der Waals surface area contributed by atoms with Gasteiger partial charge >= 0.3 is 5.97 Å². The van der Waals surface area contributed by atoms with Crippen molar-refractivity contribution < 1.29 is 14.3 Å². The van der Waals surface area contributed by atoms with E-state index in [0.717, 1.165) is 0 Å². The van der Waals surface area contributed by atoms with Crippen molar-refractivity contribution in [2.45, 2.75) is 6.67 Å².